The molecule has 0 aliphatic heterocycles. The Morgan fingerprint density at radius 2 is 2.41 bits per heavy atom. The highest BCUT2D eigenvalue weighted by atomic mass is 32.1. The fourth-order valence-corrected chi connectivity index (χ4v) is 2.00. The van der Waals surface area contributed by atoms with Crippen molar-refractivity contribution in [3.8, 4) is 0 Å². The topological polar surface area (TPSA) is 62.7 Å². The van der Waals surface area contributed by atoms with Crippen LogP contribution in [0.5, 0.6) is 0 Å². The lowest BCUT2D eigenvalue weighted by Gasteiger charge is -2.03. The van der Waals surface area contributed by atoms with Gasteiger partial charge in [0.2, 0.25) is 5.91 Å². The molecule has 0 fully saturated rings. The van der Waals surface area contributed by atoms with Gasteiger partial charge in [-0.15, -0.1) is 0 Å². The van der Waals surface area contributed by atoms with Crippen molar-refractivity contribution in [1.29, 1.82) is 0 Å². The van der Waals surface area contributed by atoms with Crippen LogP contribution in [-0.2, 0) is 11.3 Å². The molecular formula is C11H14N4OS. The highest BCUT2D eigenvalue weighted by Gasteiger charge is 2.08. The zero-order chi connectivity index (χ0) is 12.4. The van der Waals surface area contributed by atoms with Crippen molar-refractivity contribution >= 4 is 29.3 Å². The summed E-state index contributed by atoms with van der Waals surface area (Å²) in [5.41, 5.74) is 2.84. The second-order valence-corrected chi connectivity index (χ2v) is 4.22. The van der Waals surface area contributed by atoms with Crippen LogP contribution in [0.1, 0.15) is 12.0 Å². The first-order valence-corrected chi connectivity index (χ1v) is 5.79. The summed E-state index contributed by atoms with van der Waals surface area (Å²) in [6, 6.07) is 1.93. The van der Waals surface area contributed by atoms with Crippen LogP contribution in [0.4, 0.5) is 0 Å². The molecule has 0 spiro atoms. The number of fused-ring (bicyclic) bond motifs is 1. The van der Waals surface area contributed by atoms with Gasteiger partial charge in [0.25, 0.3) is 0 Å². The average molecular weight is 250 g/mol. The molecule has 6 heteroatoms. The van der Waals surface area contributed by atoms with Gasteiger partial charge in [-0.3, -0.25) is 4.79 Å². The summed E-state index contributed by atoms with van der Waals surface area (Å²) in [6.45, 7) is 2.54. The number of H-pyrrole nitrogens is 1. The van der Waals surface area contributed by atoms with Gasteiger partial charge in [-0.2, -0.15) is 0 Å². The number of aryl methyl sites for hydroxylation is 2. The van der Waals surface area contributed by atoms with E-state index in [9.17, 15) is 4.79 Å². The number of rotatable bonds is 3. The molecule has 2 aromatic rings. The highest BCUT2D eigenvalue weighted by molar-refractivity contribution is 7.71. The molecule has 2 rings (SSSR count). The van der Waals surface area contributed by atoms with Crippen LogP contribution in [0.25, 0.3) is 11.2 Å². The Kier molecular flexibility index (Phi) is 3.23. The largest absolute Gasteiger partial charge is 0.359 e. The fourth-order valence-electron chi connectivity index (χ4n) is 1.72. The minimum Gasteiger partial charge on any atom is -0.359 e. The van der Waals surface area contributed by atoms with Crippen LogP contribution in [0.15, 0.2) is 12.3 Å². The number of nitrogens with one attached hydrogen (secondary N) is 2. The molecule has 0 unspecified atom stereocenters. The lowest BCUT2D eigenvalue weighted by molar-refractivity contribution is -0.120. The first-order valence-electron chi connectivity index (χ1n) is 5.38. The van der Waals surface area contributed by atoms with Gasteiger partial charge in [-0.05, 0) is 30.8 Å². The molecule has 17 heavy (non-hydrogen) atoms. The highest BCUT2D eigenvalue weighted by Crippen LogP contribution is 2.15. The molecule has 0 radical (unpaired) electrons. The first kappa shape index (κ1) is 11.8. The second kappa shape index (κ2) is 4.67. The molecule has 0 aliphatic carbocycles. The normalized spacial score (nSPS) is 10.7. The molecule has 0 saturated heterocycles. The van der Waals surface area contributed by atoms with Gasteiger partial charge < -0.3 is 14.9 Å². The van der Waals surface area contributed by atoms with Crippen molar-refractivity contribution in [2.75, 3.05) is 7.05 Å². The monoisotopic (exact) mass is 250 g/mol. The molecule has 5 nitrogen and oxygen atoms in total. The number of nitrogens with zero attached hydrogens (tertiary/aromatic N) is 2. The third kappa shape index (κ3) is 2.21. The number of carbonyl (C=O) groups excluding carboxylic acids is 1. The zero-order valence-electron chi connectivity index (χ0n) is 9.78. The molecule has 0 aliphatic rings. The summed E-state index contributed by atoms with van der Waals surface area (Å²) in [5.74, 6) is -0.00565. The lowest BCUT2D eigenvalue weighted by Crippen LogP contribution is -2.19. The van der Waals surface area contributed by atoms with Crippen molar-refractivity contribution in [1.82, 2.24) is 19.9 Å². The molecule has 0 bridgehead atoms. The van der Waals surface area contributed by atoms with Crippen LogP contribution in [0.2, 0.25) is 0 Å². The molecule has 0 atom stereocenters. The van der Waals surface area contributed by atoms with Crippen molar-refractivity contribution < 1.29 is 4.79 Å². The van der Waals surface area contributed by atoms with Crippen LogP contribution in [0, 0.1) is 11.7 Å². The van der Waals surface area contributed by atoms with Gasteiger partial charge in [0.15, 0.2) is 10.4 Å². The number of pyridine rings is 1. The maximum Gasteiger partial charge on any atom is 0.221 e. The van der Waals surface area contributed by atoms with Crippen LogP contribution < -0.4 is 5.32 Å². The quantitative estimate of drug-likeness (QED) is 0.812. The molecule has 0 saturated carbocycles. The summed E-state index contributed by atoms with van der Waals surface area (Å²) >= 11 is 5.24. The molecule has 0 aromatic carbocycles. The maximum atomic E-state index is 11.2. The Morgan fingerprint density at radius 3 is 3.12 bits per heavy atom. The second-order valence-electron chi connectivity index (χ2n) is 3.83. The van der Waals surface area contributed by atoms with Gasteiger partial charge in [0.05, 0.1) is 5.52 Å². The minimum atomic E-state index is -0.00565. The summed E-state index contributed by atoms with van der Waals surface area (Å²) in [5, 5.41) is 2.59. The van der Waals surface area contributed by atoms with Crippen molar-refractivity contribution in [2.24, 2.45) is 0 Å². The van der Waals surface area contributed by atoms with E-state index in [1.54, 1.807) is 13.2 Å². The van der Waals surface area contributed by atoms with Crippen molar-refractivity contribution in [3.05, 3.63) is 22.6 Å². The van der Waals surface area contributed by atoms with E-state index in [4.69, 9.17) is 12.2 Å². The lowest BCUT2D eigenvalue weighted by atomic mass is 10.3. The standard InChI is InChI=1S/C11H14N4OS/c1-7-3-5-13-10-9(7)14-11(17)15(10)6-4-8(16)12-2/h3,5H,4,6H2,1-2H3,(H,12,16)(H,14,17). The SMILES string of the molecule is CNC(=O)CCn1c(=S)[nH]c2c(C)ccnc21. The van der Waals surface area contributed by atoms with E-state index in [-0.39, 0.29) is 5.91 Å². The molecule has 90 valence electrons. The van der Waals surface area contributed by atoms with E-state index in [0.717, 1.165) is 16.7 Å². The van der Waals surface area contributed by atoms with Crippen molar-refractivity contribution in [2.45, 2.75) is 19.9 Å². The third-order valence-corrected chi connectivity index (χ3v) is 3.04. The van der Waals surface area contributed by atoms with Gasteiger partial charge in [-0.1, -0.05) is 0 Å². The van der Waals surface area contributed by atoms with Crippen LogP contribution in [-0.4, -0.2) is 27.5 Å². The van der Waals surface area contributed by atoms with Gasteiger partial charge in [-0.25, -0.2) is 4.98 Å². The fraction of sp³-hybridized carbons (Fsp3) is 0.364. The first-order chi connectivity index (χ1) is 8.13. The summed E-state index contributed by atoms with van der Waals surface area (Å²) < 4.78 is 2.46. The molecule has 2 heterocycles. The Balaban J connectivity index is 2.40. The van der Waals surface area contributed by atoms with E-state index in [1.165, 1.54) is 0 Å². The molecule has 2 aromatic heterocycles. The average Bonchev–Trinajstić information content (AvgIpc) is 2.64. The Morgan fingerprint density at radius 1 is 1.65 bits per heavy atom. The van der Waals surface area contributed by atoms with E-state index in [2.05, 4.69) is 15.3 Å². The zero-order valence-corrected chi connectivity index (χ0v) is 10.6. The number of imidazole rings is 1. The van der Waals surface area contributed by atoms with Crippen LogP contribution in [0.3, 0.4) is 0 Å². The predicted octanol–water partition coefficient (Wildman–Crippen LogP) is 1.54. The Bertz CT molecular complexity index is 613. The van der Waals surface area contributed by atoms with Gasteiger partial charge in [0, 0.05) is 26.2 Å². The smallest absolute Gasteiger partial charge is 0.221 e. The van der Waals surface area contributed by atoms with E-state index >= 15 is 0 Å². The number of carbonyl (C=O) groups is 1. The van der Waals surface area contributed by atoms with E-state index in [1.807, 2.05) is 17.6 Å². The summed E-state index contributed by atoms with van der Waals surface area (Å²) in [6.07, 6.45) is 2.14. The van der Waals surface area contributed by atoms with Crippen LogP contribution >= 0.6 is 12.2 Å². The van der Waals surface area contributed by atoms with Gasteiger partial charge in [0.1, 0.15) is 0 Å². The molecular weight excluding hydrogens is 236 g/mol. The number of hydrogen-bond acceptors (Lipinski definition) is 3. The Labute approximate surface area is 104 Å². The van der Waals surface area contributed by atoms with E-state index in [0.29, 0.717) is 17.7 Å². The van der Waals surface area contributed by atoms with Crippen molar-refractivity contribution in [3.63, 3.8) is 0 Å². The maximum absolute atomic E-state index is 11.2. The number of amides is 1. The number of aromatic nitrogens is 3. The van der Waals surface area contributed by atoms with E-state index < -0.39 is 0 Å². The number of hydrogen-bond donors (Lipinski definition) is 2. The summed E-state index contributed by atoms with van der Waals surface area (Å²) in [7, 11) is 1.62. The minimum absolute atomic E-state index is 0.00565. The molecule has 1 amide bonds. The summed E-state index contributed by atoms with van der Waals surface area (Å²) in [4.78, 5) is 18.7. The number of aromatic amines is 1. The predicted molar refractivity (Wildman–Crippen MR) is 68.3 cm³/mol. The molecule has 2 N–H and O–H groups in total. The Hall–Kier alpha value is -1.69. The third-order valence-electron chi connectivity index (χ3n) is 2.71. The van der Waals surface area contributed by atoms with Gasteiger partial charge >= 0.3 is 0 Å².